The van der Waals surface area contributed by atoms with Gasteiger partial charge in [-0.2, -0.15) is 0 Å². The molecule has 0 aliphatic carbocycles. The second kappa shape index (κ2) is 8.03. The minimum Gasteiger partial charge on any atom is -0.493 e. The van der Waals surface area contributed by atoms with Crippen molar-refractivity contribution in [1.82, 2.24) is 5.32 Å². The minimum atomic E-state index is -0.390. The van der Waals surface area contributed by atoms with Crippen molar-refractivity contribution in [2.75, 3.05) is 27.4 Å². The van der Waals surface area contributed by atoms with E-state index in [4.69, 9.17) is 14.2 Å². The van der Waals surface area contributed by atoms with Gasteiger partial charge in [0.25, 0.3) is 0 Å². The zero-order chi connectivity index (χ0) is 16.8. The standard InChI is InChI=1S/C17H27NO4/c1-7-22-16(19)13(11-18-17(2,3)4)12-8-9-14(20-5)15(10-12)21-6/h8-10,13,18H,7,11H2,1-6H3. The Balaban J connectivity index is 3.06. The molecule has 1 unspecified atom stereocenters. The molecule has 0 heterocycles. The van der Waals surface area contributed by atoms with Crippen LogP contribution in [-0.4, -0.2) is 38.9 Å². The number of hydrogen-bond donors (Lipinski definition) is 1. The molecular formula is C17H27NO4. The molecular weight excluding hydrogens is 282 g/mol. The van der Waals surface area contributed by atoms with E-state index in [1.165, 1.54) is 0 Å². The molecule has 0 spiro atoms. The van der Waals surface area contributed by atoms with Crippen LogP contribution >= 0.6 is 0 Å². The number of ether oxygens (including phenoxy) is 3. The molecule has 0 bridgehead atoms. The summed E-state index contributed by atoms with van der Waals surface area (Å²) in [6, 6.07) is 5.50. The molecule has 1 aromatic carbocycles. The topological polar surface area (TPSA) is 56.8 Å². The van der Waals surface area contributed by atoms with Gasteiger partial charge in [-0.15, -0.1) is 0 Å². The molecule has 5 heteroatoms. The number of methoxy groups -OCH3 is 2. The van der Waals surface area contributed by atoms with Crippen LogP contribution in [0.1, 0.15) is 39.2 Å². The molecule has 0 saturated carbocycles. The Labute approximate surface area is 132 Å². The average molecular weight is 309 g/mol. The number of esters is 1. The van der Waals surface area contributed by atoms with E-state index in [0.717, 1.165) is 5.56 Å². The number of rotatable bonds is 7. The van der Waals surface area contributed by atoms with Crippen LogP contribution in [0.25, 0.3) is 0 Å². The Kier molecular flexibility index (Phi) is 6.68. The van der Waals surface area contributed by atoms with Gasteiger partial charge in [0.15, 0.2) is 11.5 Å². The number of hydrogen-bond acceptors (Lipinski definition) is 5. The molecule has 0 saturated heterocycles. The summed E-state index contributed by atoms with van der Waals surface area (Å²) in [4.78, 5) is 12.3. The molecule has 1 N–H and O–H groups in total. The lowest BCUT2D eigenvalue weighted by molar-refractivity contribution is -0.144. The van der Waals surface area contributed by atoms with Gasteiger partial charge in [-0.3, -0.25) is 4.79 Å². The van der Waals surface area contributed by atoms with E-state index in [1.807, 2.05) is 12.1 Å². The van der Waals surface area contributed by atoms with Gasteiger partial charge >= 0.3 is 5.97 Å². The van der Waals surface area contributed by atoms with E-state index in [9.17, 15) is 4.79 Å². The second-order valence-electron chi connectivity index (χ2n) is 6.05. The third kappa shape index (κ3) is 5.22. The van der Waals surface area contributed by atoms with E-state index < -0.39 is 0 Å². The number of benzene rings is 1. The monoisotopic (exact) mass is 309 g/mol. The largest absolute Gasteiger partial charge is 0.493 e. The lowest BCUT2D eigenvalue weighted by Crippen LogP contribution is -2.40. The Morgan fingerprint density at radius 2 is 1.82 bits per heavy atom. The Bertz CT molecular complexity index is 494. The molecule has 0 amide bonds. The van der Waals surface area contributed by atoms with Crippen molar-refractivity contribution in [3.63, 3.8) is 0 Å². The van der Waals surface area contributed by atoms with Crippen LogP contribution in [0, 0.1) is 0 Å². The fourth-order valence-corrected chi connectivity index (χ4v) is 2.06. The van der Waals surface area contributed by atoms with E-state index in [1.54, 1.807) is 27.2 Å². The van der Waals surface area contributed by atoms with Gasteiger partial charge < -0.3 is 19.5 Å². The third-order valence-electron chi connectivity index (χ3n) is 3.22. The van der Waals surface area contributed by atoms with E-state index in [0.29, 0.717) is 24.7 Å². The highest BCUT2D eigenvalue weighted by Crippen LogP contribution is 2.31. The Hall–Kier alpha value is -1.75. The summed E-state index contributed by atoms with van der Waals surface area (Å²) in [6.45, 7) is 8.84. The second-order valence-corrected chi connectivity index (χ2v) is 6.05. The van der Waals surface area contributed by atoms with Crippen LogP contribution in [0.2, 0.25) is 0 Å². The molecule has 1 atom stereocenters. The maximum atomic E-state index is 12.3. The summed E-state index contributed by atoms with van der Waals surface area (Å²) in [6.07, 6.45) is 0. The summed E-state index contributed by atoms with van der Waals surface area (Å²) in [5.41, 5.74) is 0.759. The predicted molar refractivity (Wildman–Crippen MR) is 86.7 cm³/mol. The summed E-state index contributed by atoms with van der Waals surface area (Å²) >= 11 is 0. The zero-order valence-corrected chi connectivity index (χ0v) is 14.4. The number of nitrogens with one attached hydrogen (secondary N) is 1. The molecule has 0 aliphatic rings. The molecule has 5 nitrogen and oxygen atoms in total. The molecule has 22 heavy (non-hydrogen) atoms. The highest BCUT2D eigenvalue weighted by Gasteiger charge is 2.25. The number of carbonyl (C=O) groups is 1. The summed E-state index contributed by atoms with van der Waals surface area (Å²) in [5, 5.41) is 3.35. The first-order chi connectivity index (χ1) is 10.3. The minimum absolute atomic E-state index is 0.0820. The lowest BCUT2D eigenvalue weighted by atomic mass is 9.97. The molecule has 0 aliphatic heterocycles. The fraction of sp³-hybridized carbons (Fsp3) is 0.588. The van der Waals surface area contributed by atoms with Crippen LogP contribution in [0.4, 0.5) is 0 Å². The normalized spacial score (nSPS) is 12.6. The van der Waals surface area contributed by atoms with Crippen molar-refractivity contribution in [2.45, 2.75) is 39.2 Å². The van der Waals surface area contributed by atoms with Crippen molar-refractivity contribution < 1.29 is 19.0 Å². The van der Waals surface area contributed by atoms with Crippen molar-refractivity contribution in [3.8, 4) is 11.5 Å². The Morgan fingerprint density at radius 1 is 1.18 bits per heavy atom. The highest BCUT2D eigenvalue weighted by atomic mass is 16.5. The SMILES string of the molecule is CCOC(=O)C(CNC(C)(C)C)c1ccc(OC)c(OC)c1. The maximum absolute atomic E-state index is 12.3. The molecule has 0 fully saturated rings. The summed E-state index contributed by atoms with van der Waals surface area (Å²) in [7, 11) is 3.16. The molecule has 0 radical (unpaired) electrons. The highest BCUT2D eigenvalue weighted by molar-refractivity contribution is 5.79. The van der Waals surface area contributed by atoms with Crippen molar-refractivity contribution in [3.05, 3.63) is 23.8 Å². The van der Waals surface area contributed by atoms with Crippen molar-refractivity contribution in [1.29, 1.82) is 0 Å². The molecule has 0 aromatic heterocycles. The summed E-state index contributed by atoms with van der Waals surface area (Å²) < 4.78 is 15.8. The molecule has 1 aromatic rings. The maximum Gasteiger partial charge on any atom is 0.314 e. The first-order valence-electron chi connectivity index (χ1n) is 7.46. The first-order valence-corrected chi connectivity index (χ1v) is 7.46. The number of carbonyl (C=O) groups excluding carboxylic acids is 1. The molecule has 124 valence electrons. The van der Waals surface area contributed by atoms with Crippen molar-refractivity contribution in [2.24, 2.45) is 0 Å². The Morgan fingerprint density at radius 3 is 2.32 bits per heavy atom. The fourth-order valence-electron chi connectivity index (χ4n) is 2.06. The van der Waals surface area contributed by atoms with Gasteiger partial charge in [0.1, 0.15) is 0 Å². The predicted octanol–water partition coefficient (Wildman–Crippen LogP) is 2.74. The van der Waals surface area contributed by atoms with Crippen LogP contribution in [0.15, 0.2) is 18.2 Å². The lowest BCUT2D eigenvalue weighted by Gasteiger charge is -2.25. The van der Waals surface area contributed by atoms with Gasteiger partial charge in [0.05, 0.1) is 26.7 Å². The average Bonchev–Trinajstić information content (AvgIpc) is 2.46. The van der Waals surface area contributed by atoms with Gasteiger partial charge in [0.2, 0.25) is 0 Å². The van der Waals surface area contributed by atoms with Gasteiger partial charge in [0, 0.05) is 12.1 Å². The third-order valence-corrected chi connectivity index (χ3v) is 3.22. The van der Waals surface area contributed by atoms with E-state index in [2.05, 4.69) is 26.1 Å². The van der Waals surface area contributed by atoms with Crippen LogP contribution in [-0.2, 0) is 9.53 Å². The van der Waals surface area contributed by atoms with Crippen LogP contribution in [0.3, 0.4) is 0 Å². The molecule has 1 rings (SSSR count). The smallest absolute Gasteiger partial charge is 0.314 e. The van der Waals surface area contributed by atoms with Crippen LogP contribution < -0.4 is 14.8 Å². The van der Waals surface area contributed by atoms with Gasteiger partial charge in [-0.05, 0) is 45.4 Å². The first kappa shape index (κ1) is 18.3. The van der Waals surface area contributed by atoms with E-state index >= 15 is 0 Å². The van der Waals surface area contributed by atoms with E-state index in [-0.39, 0.29) is 17.4 Å². The van der Waals surface area contributed by atoms with Crippen molar-refractivity contribution >= 4 is 5.97 Å². The van der Waals surface area contributed by atoms with Gasteiger partial charge in [-0.1, -0.05) is 6.07 Å². The van der Waals surface area contributed by atoms with Gasteiger partial charge in [-0.25, -0.2) is 0 Å². The van der Waals surface area contributed by atoms with Crippen LogP contribution in [0.5, 0.6) is 11.5 Å². The quantitative estimate of drug-likeness (QED) is 0.785. The summed E-state index contributed by atoms with van der Waals surface area (Å²) in [5.74, 6) is 0.605. The zero-order valence-electron chi connectivity index (χ0n) is 14.4.